The lowest BCUT2D eigenvalue weighted by atomic mass is 10.3. The summed E-state index contributed by atoms with van der Waals surface area (Å²) in [6.07, 6.45) is 3.67. The molecule has 2 heterocycles. The van der Waals surface area contributed by atoms with Gasteiger partial charge in [-0.3, -0.25) is 4.68 Å². The molecule has 21 heavy (non-hydrogen) atoms. The van der Waals surface area contributed by atoms with Crippen LogP contribution in [0, 0.1) is 0 Å². The first kappa shape index (κ1) is 15.5. The molecule has 1 unspecified atom stereocenters. The van der Waals surface area contributed by atoms with Crippen LogP contribution >= 0.6 is 11.6 Å². The molecule has 7 nitrogen and oxygen atoms in total. The maximum absolute atomic E-state index is 5.99. The first-order valence-corrected chi connectivity index (χ1v) is 7.40. The fraction of sp³-hybridized carbons (Fsp3) is 0.538. The van der Waals surface area contributed by atoms with E-state index in [1.165, 1.54) is 0 Å². The molecule has 0 saturated heterocycles. The van der Waals surface area contributed by atoms with Crippen molar-refractivity contribution in [3.8, 4) is 0 Å². The van der Waals surface area contributed by atoms with Gasteiger partial charge in [-0.1, -0.05) is 0 Å². The minimum Gasteiger partial charge on any atom is -0.350 e. The molecule has 0 bridgehead atoms. The van der Waals surface area contributed by atoms with Crippen molar-refractivity contribution in [1.29, 1.82) is 0 Å². The van der Waals surface area contributed by atoms with Crippen molar-refractivity contribution < 1.29 is 0 Å². The Labute approximate surface area is 129 Å². The van der Waals surface area contributed by atoms with Crippen LogP contribution < -0.4 is 10.2 Å². The Morgan fingerprint density at radius 1 is 1.29 bits per heavy atom. The van der Waals surface area contributed by atoms with Crippen molar-refractivity contribution in [3.05, 3.63) is 23.7 Å². The fourth-order valence-corrected chi connectivity index (χ4v) is 2.16. The molecule has 0 amide bonds. The Morgan fingerprint density at radius 2 is 2.05 bits per heavy atom. The molecule has 0 aromatic carbocycles. The predicted octanol–water partition coefficient (Wildman–Crippen LogP) is 2.07. The van der Waals surface area contributed by atoms with Gasteiger partial charge in [0.05, 0.1) is 6.54 Å². The van der Waals surface area contributed by atoms with E-state index in [1.807, 2.05) is 28.8 Å². The number of aromatic nitrogens is 5. The second-order valence-electron chi connectivity index (χ2n) is 4.67. The van der Waals surface area contributed by atoms with E-state index in [4.69, 9.17) is 11.6 Å². The van der Waals surface area contributed by atoms with Crippen LogP contribution in [0.15, 0.2) is 18.5 Å². The van der Waals surface area contributed by atoms with E-state index < -0.39 is 0 Å². The summed E-state index contributed by atoms with van der Waals surface area (Å²) >= 11 is 5.99. The standard InChI is InChI=1S/C13H20ClN7/c1-4-20(5-2)13-18-11(14)17-12(19-13)16-10(3)9-21-8-6-7-15-21/h6-8,10H,4-5,9H2,1-3H3,(H,16,17,18,19). The Bertz CT molecular complexity index is 554. The normalized spacial score (nSPS) is 12.2. The number of nitrogens with zero attached hydrogens (tertiary/aromatic N) is 6. The zero-order valence-corrected chi connectivity index (χ0v) is 13.2. The third kappa shape index (κ3) is 4.29. The Kier molecular flexibility index (Phi) is 5.32. The number of nitrogens with one attached hydrogen (secondary N) is 1. The van der Waals surface area contributed by atoms with E-state index >= 15 is 0 Å². The molecule has 0 radical (unpaired) electrons. The van der Waals surface area contributed by atoms with Gasteiger partial charge in [0.25, 0.3) is 0 Å². The van der Waals surface area contributed by atoms with Gasteiger partial charge in [-0.15, -0.1) is 0 Å². The molecule has 8 heteroatoms. The zero-order chi connectivity index (χ0) is 15.2. The lowest BCUT2D eigenvalue weighted by Gasteiger charge is -2.20. The SMILES string of the molecule is CCN(CC)c1nc(Cl)nc(NC(C)Cn2cccn2)n1. The summed E-state index contributed by atoms with van der Waals surface area (Å²) in [5.41, 5.74) is 0. The van der Waals surface area contributed by atoms with Crippen LogP contribution in [-0.4, -0.2) is 43.9 Å². The summed E-state index contributed by atoms with van der Waals surface area (Å²) < 4.78 is 1.85. The second kappa shape index (κ2) is 7.21. The highest BCUT2D eigenvalue weighted by Crippen LogP contribution is 2.14. The third-order valence-electron chi connectivity index (χ3n) is 3.04. The average molecular weight is 310 g/mol. The molecule has 0 aliphatic carbocycles. The van der Waals surface area contributed by atoms with Gasteiger partial charge >= 0.3 is 0 Å². The van der Waals surface area contributed by atoms with Crippen molar-refractivity contribution in [1.82, 2.24) is 24.7 Å². The summed E-state index contributed by atoms with van der Waals surface area (Å²) in [5, 5.41) is 7.60. The van der Waals surface area contributed by atoms with E-state index in [0.717, 1.165) is 19.6 Å². The highest BCUT2D eigenvalue weighted by Gasteiger charge is 2.12. The smallest absolute Gasteiger partial charge is 0.231 e. The molecule has 1 N–H and O–H groups in total. The summed E-state index contributed by atoms with van der Waals surface area (Å²) in [4.78, 5) is 14.7. The van der Waals surface area contributed by atoms with Crippen LogP contribution in [-0.2, 0) is 6.54 Å². The van der Waals surface area contributed by atoms with E-state index in [-0.39, 0.29) is 11.3 Å². The summed E-state index contributed by atoms with van der Waals surface area (Å²) in [6, 6.07) is 2.01. The topological polar surface area (TPSA) is 71.8 Å². The number of anilines is 2. The van der Waals surface area contributed by atoms with Gasteiger partial charge in [-0.2, -0.15) is 20.1 Å². The lowest BCUT2D eigenvalue weighted by molar-refractivity contribution is 0.558. The summed E-state index contributed by atoms with van der Waals surface area (Å²) in [5.74, 6) is 1.07. The molecule has 0 aliphatic heterocycles. The molecule has 1 atom stereocenters. The van der Waals surface area contributed by atoms with Gasteiger partial charge in [0.1, 0.15) is 0 Å². The van der Waals surface area contributed by atoms with Gasteiger partial charge in [0.2, 0.25) is 17.2 Å². The molecular formula is C13H20ClN7. The summed E-state index contributed by atoms with van der Waals surface area (Å²) in [6.45, 7) is 8.49. The first-order valence-electron chi connectivity index (χ1n) is 7.02. The van der Waals surface area contributed by atoms with Gasteiger partial charge in [0.15, 0.2) is 0 Å². The molecule has 0 saturated carbocycles. The molecule has 0 spiro atoms. The van der Waals surface area contributed by atoms with E-state index in [1.54, 1.807) is 6.20 Å². The largest absolute Gasteiger partial charge is 0.350 e. The molecule has 2 aromatic rings. The van der Waals surface area contributed by atoms with Crippen LogP contribution in [0.5, 0.6) is 0 Å². The van der Waals surface area contributed by atoms with Crippen molar-refractivity contribution in [2.24, 2.45) is 0 Å². The Morgan fingerprint density at radius 3 is 2.67 bits per heavy atom. The third-order valence-corrected chi connectivity index (χ3v) is 3.21. The van der Waals surface area contributed by atoms with E-state index in [2.05, 4.69) is 39.2 Å². The number of rotatable bonds is 7. The van der Waals surface area contributed by atoms with Crippen molar-refractivity contribution in [2.45, 2.75) is 33.4 Å². The van der Waals surface area contributed by atoms with E-state index in [0.29, 0.717) is 11.9 Å². The fourth-order valence-electron chi connectivity index (χ4n) is 2.01. The van der Waals surface area contributed by atoms with Crippen molar-refractivity contribution in [3.63, 3.8) is 0 Å². The minimum atomic E-state index is 0.118. The lowest BCUT2D eigenvalue weighted by Crippen LogP contribution is -2.27. The molecule has 0 fully saturated rings. The molecule has 114 valence electrons. The van der Waals surface area contributed by atoms with Crippen LogP contribution in [0.3, 0.4) is 0 Å². The summed E-state index contributed by atoms with van der Waals surface area (Å²) in [7, 11) is 0. The minimum absolute atomic E-state index is 0.118. The van der Waals surface area contributed by atoms with Gasteiger partial charge < -0.3 is 10.2 Å². The second-order valence-corrected chi connectivity index (χ2v) is 5.01. The highest BCUT2D eigenvalue weighted by molar-refractivity contribution is 6.28. The van der Waals surface area contributed by atoms with E-state index in [9.17, 15) is 0 Å². The van der Waals surface area contributed by atoms with Crippen molar-refractivity contribution >= 4 is 23.5 Å². The van der Waals surface area contributed by atoms with Gasteiger partial charge in [0, 0.05) is 31.5 Å². The first-order chi connectivity index (χ1) is 10.1. The van der Waals surface area contributed by atoms with Crippen LogP contribution in [0.2, 0.25) is 5.28 Å². The molecule has 2 aromatic heterocycles. The quantitative estimate of drug-likeness (QED) is 0.844. The highest BCUT2D eigenvalue weighted by atomic mass is 35.5. The van der Waals surface area contributed by atoms with Gasteiger partial charge in [-0.05, 0) is 38.4 Å². The molecule has 0 aliphatic rings. The number of halogens is 1. The molecular weight excluding hydrogens is 290 g/mol. The van der Waals surface area contributed by atoms with Gasteiger partial charge in [-0.25, -0.2) is 0 Å². The zero-order valence-electron chi connectivity index (χ0n) is 12.5. The number of hydrogen-bond acceptors (Lipinski definition) is 6. The van der Waals surface area contributed by atoms with Crippen LogP contribution in [0.4, 0.5) is 11.9 Å². The number of hydrogen-bond donors (Lipinski definition) is 1. The van der Waals surface area contributed by atoms with Crippen molar-refractivity contribution in [2.75, 3.05) is 23.3 Å². The maximum atomic E-state index is 5.99. The Balaban J connectivity index is 2.08. The van der Waals surface area contributed by atoms with Crippen LogP contribution in [0.1, 0.15) is 20.8 Å². The Hall–Kier alpha value is -1.89. The van der Waals surface area contributed by atoms with Crippen LogP contribution in [0.25, 0.3) is 0 Å². The molecule has 2 rings (SSSR count). The predicted molar refractivity (Wildman–Crippen MR) is 83.7 cm³/mol. The maximum Gasteiger partial charge on any atom is 0.231 e. The monoisotopic (exact) mass is 309 g/mol. The average Bonchev–Trinajstić information content (AvgIpc) is 2.92.